The molecule has 1 amide bonds. The Morgan fingerprint density at radius 2 is 1.85 bits per heavy atom. The Labute approximate surface area is 155 Å². The van der Waals surface area contributed by atoms with Crippen LogP contribution in [0.5, 0.6) is 17.2 Å². The fourth-order valence-electron chi connectivity index (χ4n) is 3.75. The van der Waals surface area contributed by atoms with Gasteiger partial charge in [-0.25, -0.2) is 0 Å². The first kappa shape index (κ1) is 15.8. The van der Waals surface area contributed by atoms with Crippen LogP contribution in [0.1, 0.15) is 28.6 Å². The average Bonchev–Trinajstić information content (AvgIpc) is 3.34. The third-order valence-corrected chi connectivity index (χ3v) is 4.99. The molecule has 0 radical (unpaired) electrons. The van der Waals surface area contributed by atoms with E-state index >= 15 is 0 Å². The number of furan rings is 1. The molecule has 6 heteroatoms. The number of fused-ring (bicyclic) bond motifs is 2. The standard InChI is InChI=1S/C21H17NO5/c1-12-6-7-13(27-12)10-22-16-5-3-2-4-14(16)20(21(22)24)15-8-18-19(9-17(15)23)26-11-25-18/h2-9,20,23H,10-11H2,1H3. The van der Waals surface area contributed by atoms with E-state index in [9.17, 15) is 9.90 Å². The van der Waals surface area contributed by atoms with Gasteiger partial charge in [-0.15, -0.1) is 0 Å². The van der Waals surface area contributed by atoms with Gasteiger partial charge < -0.3 is 23.9 Å². The lowest BCUT2D eigenvalue weighted by atomic mass is 9.91. The maximum atomic E-state index is 13.3. The number of rotatable bonds is 3. The molecule has 0 bridgehead atoms. The molecular formula is C21H17NO5. The third-order valence-electron chi connectivity index (χ3n) is 4.99. The van der Waals surface area contributed by atoms with Crippen LogP contribution in [0.15, 0.2) is 52.9 Å². The van der Waals surface area contributed by atoms with E-state index in [0.717, 1.165) is 17.0 Å². The molecule has 1 atom stereocenters. The van der Waals surface area contributed by atoms with Gasteiger partial charge in [0.25, 0.3) is 0 Å². The van der Waals surface area contributed by atoms with E-state index in [2.05, 4.69) is 0 Å². The Kier molecular flexibility index (Phi) is 3.40. The lowest BCUT2D eigenvalue weighted by Gasteiger charge is -2.17. The van der Waals surface area contributed by atoms with Crippen molar-refractivity contribution in [1.29, 1.82) is 0 Å². The molecule has 5 rings (SSSR count). The summed E-state index contributed by atoms with van der Waals surface area (Å²) >= 11 is 0. The summed E-state index contributed by atoms with van der Waals surface area (Å²) in [5.74, 6) is 1.83. The Morgan fingerprint density at radius 3 is 2.63 bits per heavy atom. The summed E-state index contributed by atoms with van der Waals surface area (Å²) < 4.78 is 16.4. The number of hydrogen-bond donors (Lipinski definition) is 1. The second-order valence-electron chi connectivity index (χ2n) is 6.69. The number of benzene rings is 2. The van der Waals surface area contributed by atoms with Gasteiger partial charge in [0.1, 0.15) is 17.3 Å². The number of para-hydroxylation sites is 1. The summed E-state index contributed by atoms with van der Waals surface area (Å²) in [6.45, 7) is 2.32. The fourth-order valence-corrected chi connectivity index (χ4v) is 3.75. The van der Waals surface area contributed by atoms with Crippen LogP contribution in [0.4, 0.5) is 5.69 Å². The molecule has 0 aliphatic carbocycles. The van der Waals surface area contributed by atoms with Crippen molar-refractivity contribution in [3.63, 3.8) is 0 Å². The van der Waals surface area contributed by atoms with E-state index in [1.165, 1.54) is 6.07 Å². The predicted molar refractivity (Wildman–Crippen MR) is 97.1 cm³/mol. The van der Waals surface area contributed by atoms with Gasteiger partial charge in [0.15, 0.2) is 11.5 Å². The second-order valence-corrected chi connectivity index (χ2v) is 6.69. The lowest BCUT2D eigenvalue weighted by molar-refractivity contribution is -0.118. The number of hydrogen-bond acceptors (Lipinski definition) is 5. The summed E-state index contributed by atoms with van der Waals surface area (Å²) in [4.78, 5) is 15.0. The van der Waals surface area contributed by atoms with Crippen molar-refractivity contribution in [2.24, 2.45) is 0 Å². The van der Waals surface area contributed by atoms with Gasteiger partial charge in [-0.05, 0) is 36.8 Å². The minimum atomic E-state index is -0.605. The van der Waals surface area contributed by atoms with E-state index in [4.69, 9.17) is 13.9 Å². The number of nitrogens with zero attached hydrogens (tertiary/aromatic N) is 1. The van der Waals surface area contributed by atoms with Crippen LogP contribution in [0, 0.1) is 6.92 Å². The van der Waals surface area contributed by atoms with Crippen LogP contribution >= 0.6 is 0 Å². The molecule has 3 heterocycles. The topological polar surface area (TPSA) is 72.1 Å². The first-order valence-corrected chi connectivity index (χ1v) is 8.70. The zero-order valence-corrected chi connectivity index (χ0v) is 14.6. The van der Waals surface area contributed by atoms with Gasteiger partial charge in [0.2, 0.25) is 12.7 Å². The van der Waals surface area contributed by atoms with E-state index in [1.54, 1.807) is 11.0 Å². The highest BCUT2D eigenvalue weighted by Gasteiger charge is 2.40. The fraction of sp³-hybridized carbons (Fsp3) is 0.190. The number of anilines is 1. The van der Waals surface area contributed by atoms with Gasteiger partial charge in [-0.3, -0.25) is 4.79 Å². The van der Waals surface area contributed by atoms with Gasteiger partial charge in [0.05, 0.1) is 12.5 Å². The molecule has 136 valence electrons. The monoisotopic (exact) mass is 363 g/mol. The van der Waals surface area contributed by atoms with Crippen LogP contribution in [-0.2, 0) is 11.3 Å². The van der Waals surface area contributed by atoms with Crippen LogP contribution in [0.25, 0.3) is 0 Å². The number of ether oxygens (including phenoxy) is 2. The van der Waals surface area contributed by atoms with E-state index in [1.807, 2.05) is 43.3 Å². The minimum absolute atomic E-state index is 0.0168. The van der Waals surface area contributed by atoms with Crippen molar-refractivity contribution >= 4 is 11.6 Å². The van der Waals surface area contributed by atoms with Crippen molar-refractivity contribution in [2.45, 2.75) is 19.4 Å². The highest BCUT2D eigenvalue weighted by Crippen LogP contribution is 2.47. The maximum absolute atomic E-state index is 13.3. The van der Waals surface area contributed by atoms with Gasteiger partial charge in [-0.2, -0.15) is 0 Å². The molecule has 0 saturated carbocycles. The number of aromatic hydroxyl groups is 1. The molecule has 0 spiro atoms. The molecule has 0 saturated heterocycles. The Balaban J connectivity index is 1.59. The normalized spacial score (nSPS) is 17.4. The van der Waals surface area contributed by atoms with Crippen LogP contribution in [0.2, 0.25) is 0 Å². The Hall–Kier alpha value is -3.41. The number of aryl methyl sites for hydroxylation is 1. The van der Waals surface area contributed by atoms with Crippen LogP contribution in [0.3, 0.4) is 0 Å². The zero-order chi connectivity index (χ0) is 18.5. The number of phenols is 1. The molecule has 0 fully saturated rings. The molecule has 1 aromatic heterocycles. The molecule has 2 aliphatic rings. The molecule has 1 unspecified atom stereocenters. The van der Waals surface area contributed by atoms with Gasteiger partial charge >= 0.3 is 0 Å². The van der Waals surface area contributed by atoms with Crippen molar-refractivity contribution < 1.29 is 23.8 Å². The molecule has 2 aromatic carbocycles. The van der Waals surface area contributed by atoms with E-state index in [-0.39, 0.29) is 18.4 Å². The zero-order valence-electron chi connectivity index (χ0n) is 14.6. The number of amides is 1. The average molecular weight is 363 g/mol. The van der Waals surface area contributed by atoms with Gasteiger partial charge in [0, 0.05) is 17.3 Å². The molecule has 27 heavy (non-hydrogen) atoms. The Morgan fingerprint density at radius 1 is 1.07 bits per heavy atom. The quantitative estimate of drug-likeness (QED) is 0.768. The van der Waals surface area contributed by atoms with Crippen LogP contribution < -0.4 is 14.4 Å². The molecule has 1 N–H and O–H groups in total. The predicted octanol–water partition coefficient (Wildman–Crippen LogP) is 3.70. The number of carbonyl (C=O) groups excluding carboxylic acids is 1. The number of carbonyl (C=O) groups is 1. The Bertz CT molecular complexity index is 1050. The summed E-state index contributed by atoms with van der Waals surface area (Å²) in [6.07, 6.45) is 0. The van der Waals surface area contributed by atoms with Crippen LogP contribution in [-0.4, -0.2) is 17.8 Å². The van der Waals surface area contributed by atoms with Crippen molar-refractivity contribution in [3.05, 3.63) is 71.2 Å². The highest BCUT2D eigenvalue weighted by molar-refractivity contribution is 6.07. The lowest BCUT2D eigenvalue weighted by Crippen LogP contribution is -2.28. The number of phenolic OH excluding ortho intramolecular Hbond substituents is 1. The summed E-state index contributed by atoms with van der Waals surface area (Å²) in [6, 6.07) is 14.6. The van der Waals surface area contributed by atoms with E-state index < -0.39 is 5.92 Å². The van der Waals surface area contributed by atoms with Crippen molar-refractivity contribution in [2.75, 3.05) is 11.7 Å². The molecule has 2 aliphatic heterocycles. The van der Waals surface area contributed by atoms with E-state index in [0.29, 0.717) is 29.4 Å². The first-order chi connectivity index (χ1) is 13.1. The minimum Gasteiger partial charge on any atom is -0.507 e. The van der Waals surface area contributed by atoms with Crippen molar-refractivity contribution in [3.8, 4) is 17.2 Å². The van der Waals surface area contributed by atoms with Crippen molar-refractivity contribution in [1.82, 2.24) is 0 Å². The smallest absolute Gasteiger partial charge is 0.239 e. The summed E-state index contributed by atoms with van der Waals surface area (Å²) in [5.41, 5.74) is 2.17. The summed E-state index contributed by atoms with van der Waals surface area (Å²) in [7, 11) is 0. The molecular weight excluding hydrogens is 346 g/mol. The highest BCUT2D eigenvalue weighted by atomic mass is 16.7. The largest absolute Gasteiger partial charge is 0.507 e. The summed E-state index contributed by atoms with van der Waals surface area (Å²) in [5, 5.41) is 10.5. The third kappa shape index (κ3) is 2.44. The molecule has 3 aromatic rings. The second kappa shape index (κ2) is 5.81. The SMILES string of the molecule is Cc1ccc(CN2C(=O)C(c3cc4c(cc3O)OCO4)c3ccccc32)o1. The molecule has 6 nitrogen and oxygen atoms in total. The van der Waals surface area contributed by atoms with Gasteiger partial charge in [-0.1, -0.05) is 18.2 Å². The first-order valence-electron chi connectivity index (χ1n) is 8.70. The maximum Gasteiger partial charge on any atom is 0.239 e.